The van der Waals surface area contributed by atoms with E-state index in [1.165, 1.54) is 4.90 Å². The van der Waals surface area contributed by atoms with Crippen molar-refractivity contribution in [3.63, 3.8) is 0 Å². The van der Waals surface area contributed by atoms with E-state index < -0.39 is 0 Å². The fourth-order valence-corrected chi connectivity index (χ4v) is 2.89. The number of nitrogen functional groups attached to an aromatic ring is 1. The molecular formula is C16H14BrN3S. The molecule has 0 aliphatic rings. The predicted molar refractivity (Wildman–Crippen MR) is 95.4 cm³/mol. The maximum atomic E-state index is 6.03. The molecule has 0 aliphatic heterocycles. The van der Waals surface area contributed by atoms with Crippen LogP contribution in [0.15, 0.2) is 58.0 Å². The van der Waals surface area contributed by atoms with Crippen molar-refractivity contribution in [3.05, 3.63) is 53.1 Å². The lowest BCUT2D eigenvalue weighted by Gasteiger charge is -2.11. The molecule has 106 valence electrons. The average molecular weight is 360 g/mol. The molecule has 0 saturated carbocycles. The summed E-state index contributed by atoms with van der Waals surface area (Å²) < 4.78 is 0.920. The molecule has 0 bridgehead atoms. The topological polar surface area (TPSA) is 50.9 Å². The number of nitrogens with two attached hydrogens (primary N) is 1. The van der Waals surface area contributed by atoms with Gasteiger partial charge in [-0.2, -0.15) is 0 Å². The smallest absolute Gasteiger partial charge is 0.0958 e. The van der Waals surface area contributed by atoms with Crippen LogP contribution in [0.1, 0.15) is 0 Å². The van der Waals surface area contributed by atoms with Crippen molar-refractivity contribution in [1.29, 1.82) is 0 Å². The van der Waals surface area contributed by atoms with Crippen molar-refractivity contribution in [2.24, 2.45) is 0 Å². The summed E-state index contributed by atoms with van der Waals surface area (Å²) in [4.78, 5) is 5.72. The number of nitrogens with one attached hydrogen (secondary N) is 1. The summed E-state index contributed by atoms with van der Waals surface area (Å²) in [5.41, 5.74) is 9.60. The van der Waals surface area contributed by atoms with Gasteiger partial charge in [-0.3, -0.25) is 4.98 Å². The first-order valence-corrected chi connectivity index (χ1v) is 8.44. The van der Waals surface area contributed by atoms with Crippen LogP contribution in [-0.2, 0) is 0 Å². The Hall–Kier alpha value is -1.72. The number of nitrogens with zero attached hydrogens (tertiary/aromatic N) is 1. The largest absolute Gasteiger partial charge is 0.398 e. The van der Waals surface area contributed by atoms with Crippen LogP contribution in [0.4, 0.5) is 17.1 Å². The van der Waals surface area contributed by atoms with Gasteiger partial charge in [-0.05, 0) is 64.7 Å². The van der Waals surface area contributed by atoms with Gasteiger partial charge in [-0.25, -0.2) is 0 Å². The number of fused-ring (bicyclic) bond motifs is 1. The summed E-state index contributed by atoms with van der Waals surface area (Å²) in [6.45, 7) is 0. The number of aromatic nitrogens is 1. The number of pyridine rings is 1. The number of rotatable bonds is 3. The van der Waals surface area contributed by atoms with E-state index in [1.807, 2.05) is 18.2 Å². The highest BCUT2D eigenvalue weighted by Gasteiger charge is 2.06. The third kappa shape index (κ3) is 2.99. The molecule has 3 N–H and O–H groups in total. The normalized spacial score (nSPS) is 10.8. The Kier molecular flexibility index (Phi) is 4.03. The van der Waals surface area contributed by atoms with Crippen molar-refractivity contribution in [2.45, 2.75) is 4.90 Å². The van der Waals surface area contributed by atoms with Gasteiger partial charge >= 0.3 is 0 Å². The van der Waals surface area contributed by atoms with Crippen LogP contribution in [0.2, 0.25) is 0 Å². The van der Waals surface area contributed by atoms with Crippen molar-refractivity contribution in [2.75, 3.05) is 17.3 Å². The SMILES string of the molecule is CSc1ccc(Nc2ccc(N)c3cc(Br)cnc23)cc1. The summed E-state index contributed by atoms with van der Waals surface area (Å²) >= 11 is 5.16. The average Bonchev–Trinajstić information content (AvgIpc) is 2.51. The fraction of sp³-hybridized carbons (Fsp3) is 0.0625. The Labute approximate surface area is 136 Å². The molecule has 3 rings (SSSR count). The predicted octanol–water partition coefficient (Wildman–Crippen LogP) is 5.05. The Morgan fingerprint density at radius 3 is 2.62 bits per heavy atom. The van der Waals surface area contributed by atoms with Gasteiger partial charge in [0.25, 0.3) is 0 Å². The lowest BCUT2D eigenvalue weighted by Crippen LogP contribution is -1.96. The van der Waals surface area contributed by atoms with Gasteiger partial charge in [0.05, 0.1) is 11.2 Å². The highest BCUT2D eigenvalue weighted by molar-refractivity contribution is 9.10. The first kappa shape index (κ1) is 14.2. The van der Waals surface area contributed by atoms with Crippen LogP contribution in [0.3, 0.4) is 0 Å². The molecule has 0 fully saturated rings. The number of anilines is 3. The van der Waals surface area contributed by atoms with E-state index in [2.05, 4.69) is 56.8 Å². The highest BCUT2D eigenvalue weighted by Crippen LogP contribution is 2.31. The minimum absolute atomic E-state index is 0.724. The van der Waals surface area contributed by atoms with Crippen LogP contribution < -0.4 is 11.1 Å². The van der Waals surface area contributed by atoms with Crippen LogP contribution in [0.5, 0.6) is 0 Å². The quantitative estimate of drug-likeness (QED) is 0.507. The number of hydrogen-bond acceptors (Lipinski definition) is 4. The van der Waals surface area contributed by atoms with Gasteiger partial charge in [0, 0.05) is 32.3 Å². The lowest BCUT2D eigenvalue weighted by atomic mass is 10.1. The number of thioether (sulfide) groups is 1. The van der Waals surface area contributed by atoms with Gasteiger partial charge in [0.2, 0.25) is 0 Å². The van der Waals surface area contributed by atoms with Gasteiger partial charge in [-0.1, -0.05) is 0 Å². The summed E-state index contributed by atoms with van der Waals surface area (Å²) in [5.74, 6) is 0. The standard InChI is InChI=1S/C16H14BrN3S/c1-21-12-4-2-11(3-5-12)20-15-7-6-14(18)13-8-10(17)9-19-16(13)15/h2-9,20H,18H2,1H3. The lowest BCUT2D eigenvalue weighted by molar-refractivity contribution is 1.38. The maximum Gasteiger partial charge on any atom is 0.0958 e. The minimum atomic E-state index is 0.724. The van der Waals surface area contributed by atoms with Crippen molar-refractivity contribution in [3.8, 4) is 0 Å². The zero-order chi connectivity index (χ0) is 14.8. The molecule has 1 heterocycles. The summed E-state index contributed by atoms with van der Waals surface area (Å²) in [6, 6.07) is 14.2. The molecule has 1 aromatic heterocycles. The molecule has 21 heavy (non-hydrogen) atoms. The zero-order valence-corrected chi connectivity index (χ0v) is 13.8. The first-order chi connectivity index (χ1) is 10.2. The highest BCUT2D eigenvalue weighted by atomic mass is 79.9. The Balaban J connectivity index is 2.02. The van der Waals surface area contributed by atoms with Crippen molar-refractivity contribution in [1.82, 2.24) is 4.98 Å². The molecule has 2 aromatic carbocycles. The minimum Gasteiger partial charge on any atom is -0.398 e. The number of hydrogen-bond donors (Lipinski definition) is 2. The summed E-state index contributed by atoms with van der Waals surface area (Å²) in [7, 11) is 0. The van der Waals surface area contributed by atoms with Crippen LogP contribution >= 0.6 is 27.7 Å². The third-order valence-electron chi connectivity index (χ3n) is 3.22. The molecule has 0 amide bonds. The van der Waals surface area contributed by atoms with E-state index in [0.717, 1.165) is 32.4 Å². The van der Waals surface area contributed by atoms with E-state index in [-0.39, 0.29) is 0 Å². The van der Waals surface area contributed by atoms with E-state index in [9.17, 15) is 0 Å². The first-order valence-electron chi connectivity index (χ1n) is 6.42. The van der Waals surface area contributed by atoms with Gasteiger partial charge in [0.15, 0.2) is 0 Å². The molecule has 0 aliphatic carbocycles. The zero-order valence-electron chi connectivity index (χ0n) is 11.4. The van der Waals surface area contributed by atoms with Crippen LogP contribution in [0, 0.1) is 0 Å². The molecule has 3 nitrogen and oxygen atoms in total. The van der Waals surface area contributed by atoms with Crippen molar-refractivity contribution < 1.29 is 0 Å². The fourth-order valence-electron chi connectivity index (χ4n) is 2.15. The van der Waals surface area contributed by atoms with E-state index >= 15 is 0 Å². The monoisotopic (exact) mass is 359 g/mol. The molecule has 0 unspecified atom stereocenters. The van der Waals surface area contributed by atoms with E-state index in [1.54, 1.807) is 18.0 Å². The molecule has 5 heteroatoms. The van der Waals surface area contributed by atoms with Crippen LogP contribution in [0.25, 0.3) is 10.9 Å². The van der Waals surface area contributed by atoms with Gasteiger partial charge < -0.3 is 11.1 Å². The van der Waals surface area contributed by atoms with Crippen LogP contribution in [-0.4, -0.2) is 11.2 Å². The molecule has 0 radical (unpaired) electrons. The second-order valence-corrected chi connectivity index (χ2v) is 6.40. The molecule has 0 spiro atoms. The van der Waals surface area contributed by atoms with Gasteiger partial charge in [0.1, 0.15) is 0 Å². The molecule has 3 aromatic rings. The number of halogens is 1. The molecular weight excluding hydrogens is 346 g/mol. The molecule has 0 saturated heterocycles. The Morgan fingerprint density at radius 2 is 1.90 bits per heavy atom. The third-order valence-corrected chi connectivity index (χ3v) is 4.40. The second-order valence-electron chi connectivity index (χ2n) is 4.61. The van der Waals surface area contributed by atoms with E-state index in [4.69, 9.17) is 5.73 Å². The summed E-state index contributed by atoms with van der Waals surface area (Å²) in [6.07, 6.45) is 3.85. The maximum absolute atomic E-state index is 6.03. The van der Waals surface area contributed by atoms with E-state index in [0.29, 0.717) is 0 Å². The summed E-state index contributed by atoms with van der Waals surface area (Å²) in [5, 5.41) is 4.34. The molecule has 0 atom stereocenters. The number of benzene rings is 2. The Morgan fingerprint density at radius 1 is 1.14 bits per heavy atom. The van der Waals surface area contributed by atoms with Crippen molar-refractivity contribution >= 4 is 55.7 Å². The van der Waals surface area contributed by atoms with Gasteiger partial charge in [-0.15, -0.1) is 11.8 Å². The second kappa shape index (κ2) is 5.95. The Bertz CT molecular complexity index is 787.